The Morgan fingerprint density at radius 2 is 1.68 bits per heavy atom. The van der Waals surface area contributed by atoms with E-state index in [4.69, 9.17) is 14.2 Å². The summed E-state index contributed by atoms with van der Waals surface area (Å²) in [6, 6.07) is 10.3. The highest BCUT2D eigenvalue weighted by Gasteiger charge is 2.47. The van der Waals surface area contributed by atoms with Crippen LogP contribution in [-0.2, 0) is 28.7 Å². The molecule has 1 spiro atoms. The van der Waals surface area contributed by atoms with Crippen molar-refractivity contribution in [1.29, 1.82) is 0 Å². The molecule has 0 aromatic heterocycles. The fourth-order valence-electron chi connectivity index (χ4n) is 6.08. The number of nitrogens with zero attached hydrogens (tertiary/aromatic N) is 3. The quantitative estimate of drug-likeness (QED) is 0.482. The topological polar surface area (TPSA) is 101 Å². The van der Waals surface area contributed by atoms with Crippen molar-refractivity contribution < 1.29 is 41.8 Å². The minimum absolute atomic E-state index is 0.0639. The summed E-state index contributed by atoms with van der Waals surface area (Å²) in [5.74, 6) is 0.243. The number of nitrogens with one attached hydrogen (secondary N) is 1. The average Bonchev–Trinajstić information content (AvgIpc) is 3.32. The second-order valence-corrected chi connectivity index (χ2v) is 11.6. The lowest BCUT2D eigenvalue weighted by Crippen LogP contribution is -2.46. The summed E-state index contributed by atoms with van der Waals surface area (Å²) in [6.45, 7) is 3.50. The van der Waals surface area contributed by atoms with E-state index in [2.05, 4.69) is 10.2 Å². The Kier molecular flexibility index (Phi) is 9.23. The summed E-state index contributed by atoms with van der Waals surface area (Å²) in [7, 11) is 2.86. The lowest BCUT2D eigenvalue weighted by molar-refractivity contribution is -0.137. The zero-order valence-corrected chi connectivity index (χ0v) is 24.8. The van der Waals surface area contributed by atoms with Gasteiger partial charge in [0.2, 0.25) is 0 Å². The zero-order chi connectivity index (χ0) is 31.5. The lowest BCUT2D eigenvalue weighted by Gasteiger charge is -2.37. The van der Waals surface area contributed by atoms with Gasteiger partial charge in [-0.25, -0.2) is 9.59 Å². The normalized spacial score (nSPS) is 19.2. The van der Waals surface area contributed by atoms with Gasteiger partial charge in [0.25, 0.3) is 5.91 Å². The number of rotatable bonds is 7. The molecule has 0 radical (unpaired) electrons. The van der Waals surface area contributed by atoms with Crippen LogP contribution in [0.15, 0.2) is 42.5 Å². The third-order valence-electron chi connectivity index (χ3n) is 8.67. The number of methoxy groups -OCH3 is 2. The number of likely N-dealkylation sites (tertiary alicyclic amines) is 2. The Morgan fingerprint density at radius 1 is 1.00 bits per heavy atom. The number of alkyl halides is 3. The SMILES string of the molecule is COC(=O)N1CCC(NC(=O)c2ccc(CN3CC4(CCN(Cc5ccc(C(F)(F)F)cc5)CC4)OC3=O)c(OC)c2)CC1. The van der Waals surface area contributed by atoms with Gasteiger partial charge in [-0.05, 0) is 42.7 Å². The predicted octanol–water partition coefficient (Wildman–Crippen LogP) is 4.66. The Morgan fingerprint density at radius 3 is 2.30 bits per heavy atom. The van der Waals surface area contributed by atoms with Crippen LogP contribution in [0.25, 0.3) is 0 Å². The second kappa shape index (κ2) is 12.9. The number of hydrogen-bond donors (Lipinski definition) is 1. The molecule has 3 aliphatic rings. The number of ether oxygens (including phenoxy) is 3. The van der Waals surface area contributed by atoms with Crippen molar-refractivity contribution in [3.63, 3.8) is 0 Å². The van der Waals surface area contributed by atoms with Gasteiger partial charge < -0.3 is 24.4 Å². The van der Waals surface area contributed by atoms with Gasteiger partial charge in [-0.3, -0.25) is 14.6 Å². The molecule has 5 rings (SSSR count). The molecule has 3 saturated heterocycles. The smallest absolute Gasteiger partial charge is 0.416 e. The monoisotopic (exact) mass is 618 g/mol. The van der Waals surface area contributed by atoms with Gasteiger partial charge in [-0.15, -0.1) is 0 Å². The first kappa shape index (κ1) is 31.4. The molecule has 2 aromatic carbocycles. The summed E-state index contributed by atoms with van der Waals surface area (Å²) >= 11 is 0. The largest absolute Gasteiger partial charge is 0.496 e. The number of piperidine rings is 2. The molecule has 0 aliphatic carbocycles. The maximum Gasteiger partial charge on any atom is 0.416 e. The van der Waals surface area contributed by atoms with Gasteiger partial charge >= 0.3 is 18.4 Å². The van der Waals surface area contributed by atoms with E-state index < -0.39 is 23.4 Å². The Balaban J connectivity index is 1.13. The van der Waals surface area contributed by atoms with Crippen LogP contribution in [0, 0.1) is 0 Å². The summed E-state index contributed by atoms with van der Waals surface area (Å²) in [5, 5.41) is 3.02. The van der Waals surface area contributed by atoms with Crippen LogP contribution in [0.1, 0.15) is 52.7 Å². The molecular formula is C31H37F3N4O6. The van der Waals surface area contributed by atoms with Gasteiger partial charge in [0.05, 0.1) is 32.9 Å². The predicted molar refractivity (Wildman–Crippen MR) is 153 cm³/mol. The third-order valence-corrected chi connectivity index (χ3v) is 8.67. The van der Waals surface area contributed by atoms with Crippen molar-refractivity contribution in [2.45, 2.75) is 56.6 Å². The zero-order valence-electron chi connectivity index (χ0n) is 24.8. The number of carbonyl (C=O) groups excluding carboxylic acids is 3. The molecule has 3 aliphatic heterocycles. The van der Waals surface area contributed by atoms with E-state index >= 15 is 0 Å². The number of amides is 3. The first-order valence-corrected chi connectivity index (χ1v) is 14.7. The summed E-state index contributed by atoms with van der Waals surface area (Å²) in [5.41, 5.74) is 0.684. The summed E-state index contributed by atoms with van der Waals surface area (Å²) in [4.78, 5) is 42.9. The Bertz CT molecular complexity index is 1350. The van der Waals surface area contributed by atoms with Gasteiger partial charge in [0.15, 0.2) is 0 Å². The molecule has 0 bridgehead atoms. The molecule has 0 saturated carbocycles. The average molecular weight is 619 g/mol. The first-order chi connectivity index (χ1) is 21.0. The van der Waals surface area contributed by atoms with Gasteiger partial charge in [0, 0.05) is 62.7 Å². The molecule has 10 nitrogen and oxygen atoms in total. The highest BCUT2D eigenvalue weighted by molar-refractivity contribution is 5.95. The second-order valence-electron chi connectivity index (χ2n) is 11.6. The molecule has 2 aromatic rings. The van der Waals surface area contributed by atoms with E-state index in [0.717, 1.165) is 23.3 Å². The fourth-order valence-corrected chi connectivity index (χ4v) is 6.08. The van der Waals surface area contributed by atoms with Crippen molar-refractivity contribution in [3.05, 3.63) is 64.7 Å². The minimum atomic E-state index is -4.36. The molecule has 3 heterocycles. The number of hydrogen-bond acceptors (Lipinski definition) is 7. The maximum atomic E-state index is 13.0. The van der Waals surface area contributed by atoms with Gasteiger partial charge in [-0.1, -0.05) is 18.2 Å². The molecule has 1 N–H and O–H groups in total. The Hall–Kier alpha value is -4.00. The molecular weight excluding hydrogens is 581 g/mol. The van der Waals surface area contributed by atoms with Gasteiger partial charge in [-0.2, -0.15) is 13.2 Å². The van der Waals surface area contributed by atoms with Gasteiger partial charge in [0.1, 0.15) is 11.4 Å². The van der Waals surface area contributed by atoms with E-state index in [1.165, 1.54) is 26.4 Å². The van der Waals surface area contributed by atoms with Crippen LogP contribution < -0.4 is 10.1 Å². The molecule has 3 fully saturated rings. The van der Waals surface area contributed by atoms with Crippen LogP contribution in [0.2, 0.25) is 0 Å². The van der Waals surface area contributed by atoms with Crippen LogP contribution in [-0.4, -0.2) is 91.4 Å². The van der Waals surface area contributed by atoms with E-state index in [-0.39, 0.29) is 24.6 Å². The molecule has 0 atom stereocenters. The summed E-state index contributed by atoms with van der Waals surface area (Å²) < 4.78 is 54.8. The maximum absolute atomic E-state index is 13.0. The van der Waals surface area contributed by atoms with E-state index in [1.54, 1.807) is 28.0 Å². The van der Waals surface area contributed by atoms with E-state index in [1.807, 2.05) is 0 Å². The molecule has 0 unspecified atom stereocenters. The van der Waals surface area contributed by atoms with E-state index in [0.29, 0.717) is 76.3 Å². The fraction of sp³-hybridized carbons (Fsp3) is 0.516. The highest BCUT2D eigenvalue weighted by Crippen LogP contribution is 2.36. The van der Waals surface area contributed by atoms with Crippen LogP contribution in [0.5, 0.6) is 5.75 Å². The van der Waals surface area contributed by atoms with Crippen molar-refractivity contribution in [2.24, 2.45) is 0 Å². The third kappa shape index (κ3) is 7.20. The number of carbonyl (C=O) groups is 3. The van der Waals surface area contributed by atoms with Crippen LogP contribution in [0.3, 0.4) is 0 Å². The minimum Gasteiger partial charge on any atom is -0.496 e. The molecule has 13 heteroatoms. The standard InChI is InChI=1S/C31H37F3N4O6/c1-42-26-17-22(27(39)35-25-9-13-37(14-10-25)28(40)43-2)5-6-23(26)19-38-20-30(44-29(38)41)11-15-36(16-12-30)18-21-3-7-24(8-4-21)31(32,33)34/h3-8,17,25H,9-16,18-20H2,1-2H3,(H,35,39). The Labute approximate surface area is 254 Å². The molecule has 3 amide bonds. The van der Waals surface area contributed by atoms with E-state index in [9.17, 15) is 27.6 Å². The van der Waals surface area contributed by atoms with Crippen LogP contribution in [0.4, 0.5) is 22.8 Å². The highest BCUT2D eigenvalue weighted by atomic mass is 19.4. The first-order valence-electron chi connectivity index (χ1n) is 14.7. The van der Waals surface area contributed by atoms with Crippen molar-refractivity contribution in [2.75, 3.05) is 46.9 Å². The lowest BCUT2D eigenvalue weighted by atomic mass is 9.91. The van der Waals surface area contributed by atoms with Crippen molar-refractivity contribution in [3.8, 4) is 5.75 Å². The molecule has 238 valence electrons. The number of benzene rings is 2. The van der Waals surface area contributed by atoms with Crippen molar-refractivity contribution in [1.82, 2.24) is 20.0 Å². The summed E-state index contributed by atoms with van der Waals surface area (Å²) in [6.07, 6.45) is -2.66. The number of halogens is 3. The molecule has 44 heavy (non-hydrogen) atoms. The van der Waals surface area contributed by atoms with Crippen molar-refractivity contribution >= 4 is 18.1 Å². The van der Waals surface area contributed by atoms with Crippen LogP contribution >= 0.6 is 0 Å².